The van der Waals surface area contributed by atoms with E-state index in [0.29, 0.717) is 42.6 Å². The van der Waals surface area contributed by atoms with Crippen molar-refractivity contribution in [2.45, 2.75) is 19.3 Å². The summed E-state index contributed by atoms with van der Waals surface area (Å²) in [5.74, 6) is 0.232. The molecule has 5 rings (SSSR count). The zero-order chi connectivity index (χ0) is 25.9. The number of anilines is 1. The number of halogens is 1. The molecule has 2 heterocycles. The van der Waals surface area contributed by atoms with E-state index in [4.69, 9.17) is 4.74 Å². The first-order valence-corrected chi connectivity index (χ1v) is 13.2. The fourth-order valence-corrected chi connectivity index (χ4v) is 5.74. The molecule has 1 saturated heterocycles. The largest absolute Gasteiger partial charge is 0.497 e. The lowest BCUT2D eigenvalue weighted by Gasteiger charge is -2.38. The van der Waals surface area contributed by atoms with Gasteiger partial charge in [0.15, 0.2) is 0 Å². The molecule has 7 nitrogen and oxygen atoms in total. The first-order chi connectivity index (χ1) is 18.0. The van der Waals surface area contributed by atoms with Crippen molar-refractivity contribution in [2.75, 3.05) is 38.2 Å². The first kappa shape index (κ1) is 24.9. The molecule has 9 heteroatoms. The van der Waals surface area contributed by atoms with E-state index in [1.807, 2.05) is 39.5 Å². The van der Waals surface area contributed by atoms with Gasteiger partial charge in [-0.3, -0.25) is 9.59 Å². The van der Waals surface area contributed by atoms with Crippen LogP contribution < -0.4 is 9.64 Å². The number of nitriles is 1. The third-order valence-corrected chi connectivity index (χ3v) is 8.00. The summed E-state index contributed by atoms with van der Waals surface area (Å²) < 4.78 is 19.1. The Balaban J connectivity index is 1.43. The predicted molar refractivity (Wildman–Crippen MR) is 141 cm³/mol. The van der Waals surface area contributed by atoms with Gasteiger partial charge in [-0.15, -0.1) is 0 Å². The Hall–Kier alpha value is -3.77. The molecule has 0 bridgehead atoms. The Labute approximate surface area is 219 Å². The van der Waals surface area contributed by atoms with Crippen LogP contribution in [0.25, 0.3) is 5.70 Å². The molecule has 0 unspecified atom stereocenters. The van der Waals surface area contributed by atoms with Crippen LogP contribution in [0.2, 0.25) is 0 Å². The molecule has 0 radical (unpaired) electrons. The van der Waals surface area contributed by atoms with E-state index < -0.39 is 0 Å². The van der Waals surface area contributed by atoms with Crippen LogP contribution in [0.3, 0.4) is 0 Å². The van der Waals surface area contributed by atoms with Crippen molar-refractivity contribution < 1.29 is 18.7 Å². The van der Waals surface area contributed by atoms with E-state index in [0.717, 1.165) is 30.5 Å². The summed E-state index contributed by atoms with van der Waals surface area (Å²) in [6.07, 6.45) is 2.99. The normalized spacial score (nSPS) is 19.2. The van der Waals surface area contributed by atoms with Gasteiger partial charge in [-0.05, 0) is 49.2 Å². The highest BCUT2D eigenvalue weighted by atomic mass is 32.2. The van der Waals surface area contributed by atoms with Gasteiger partial charge in [0.05, 0.1) is 12.8 Å². The van der Waals surface area contributed by atoms with Crippen molar-refractivity contribution in [3.63, 3.8) is 0 Å². The molecular weight excluding hydrogens is 491 g/mol. The topological polar surface area (TPSA) is 76.9 Å². The molecule has 37 heavy (non-hydrogen) atoms. The predicted octanol–water partition coefficient (Wildman–Crippen LogP) is 4.59. The average molecular weight is 519 g/mol. The number of piperazine rings is 1. The lowest BCUT2D eigenvalue weighted by molar-refractivity contribution is -0.142. The summed E-state index contributed by atoms with van der Waals surface area (Å²) in [6.45, 7) is 1.70. The number of nitrogens with zero attached hydrogens (tertiary/aromatic N) is 4. The molecule has 3 aliphatic rings. The van der Waals surface area contributed by atoms with Crippen LogP contribution >= 0.6 is 11.8 Å². The lowest BCUT2D eigenvalue weighted by atomic mass is 9.84. The molecule has 190 valence electrons. The van der Waals surface area contributed by atoms with Crippen molar-refractivity contribution in [1.82, 2.24) is 9.80 Å². The van der Waals surface area contributed by atoms with Gasteiger partial charge in [-0.1, -0.05) is 30.3 Å². The van der Waals surface area contributed by atoms with Crippen LogP contribution in [0, 0.1) is 23.1 Å². The van der Waals surface area contributed by atoms with Gasteiger partial charge in [0, 0.05) is 48.8 Å². The standard InChI is InChI=1S/C28H27FN4O3S/c1-36-23-7-3-6-20(16-23)25-18-37-28(33(25)22-10-8-21(29)9-11-22)24(17-30)27(35)32-14-12-31(13-15-32)26(34)19-4-2-5-19/h3,6-11,16,18-19H,2,4-5,12-15H2,1H3/b28-24-. The maximum Gasteiger partial charge on any atom is 0.267 e. The number of carbonyl (C=O) groups excluding carboxylic acids is 2. The monoisotopic (exact) mass is 518 g/mol. The second kappa shape index (κ2) is 10.7. The second-order valence-corrected chi connectivity index (χ2v) is 10.1. The first-order valence-electron chi connectivity index (χ1n) is 12.3. The van der Waals surface area contributed by atoms with Gasteiger partial charge in [-0.25, -0.2) is 4.39 Å². The third-order valence-electron chi connectivity index (χ3n) is 7.05. The zero-order valence-corrected chi connectivity index (χ0v) is 21.3. The Kier molecular flexibility index (Phi) is 7.19. The van der Waals surface area contributed by atoms with E-state index >= 15 is 0 Å². The molecule has 0 N–H and O–H groups in total. The molecule has 2 fully saturated rings. The van der Waals surface area contributed by atoms with Crippen molar-refractivity contribution >= 4 is 35.0 Å². The summed E-state index contributed by atoms with van der Waals surface area (Å²) in [6, 6.07) is 15.6. The molecule has 0 aromatic heterocycles. The highest BCUT2D eigenvalue weighted by Crippen LogP contribution is 2.45. The molecular formula is C28H27FN4O3S. The van der Waals surface area contributed by atoms with Crippen molar-refractivity contribution in [3.05, 3.63) is 75.9 Å². The zero-order valence-electron chi connectivity index (χ0n) is 20.5. The van der Waals surface area contributed by atoms with E-state index in [2.05, 4.69) is 6.07 Å². The number of ether oxygens (including phenoxy) is 1. The highest BCUT2D eigenvalue weighted by Gasteiger charge is 2.35. The van der Waals surface area contributed by atoms with Crippen LogP contribution in [0.5, 0.6) is 5.75 Å². The minimum atomic E-state index is -0.376. The number of benzene rings is 2. The molecule has 2 aromatic carbocycles. The van der Waals surface area contributed by atoms with Crippen LogP contribution in [0.4, 0.5) is 10.1 Å². The SMILES string of the molecule is COc1cccc(C2=CS/C(=C(/C#N)C(=O)N3CCN(C(=O)C4CCC4)CC3)N2c2ccc(F)cc2)c1. The van der Waals surface area contributed by atoms with Gasteiger partial charge in [-0.2, -0.15) is 5.26 Å². The third kappa shape index (κ3) is 4.94. The molecule has 2 aliphatic heterocycles. The van der Waals surface area contributed by atoms with Crippen LogP contribution in [0.1, 0.15) is 24.8 Å². The quantitative estimate of drug-likeness (QED) is 0.426. The average Bonchev–Trinajstić information content (AvgIpc) is 3.33. The van der Waals surface area contributed by atoms with Gasteiger partial charge in [0.1, 0.15) is 28.2 Å². The number of rotatable bonds is 5. The van der Waals surface area contributed by atoms with Gasteiger partial charge >= 0.3 is 0 Å². The number of hydrogen-bond acceptors (Lipinski definition) is 6. The summed E-state index contributed by atoms with van der Waals surface area (Å²) in [7, 11) is 1.59. The fraction of sp³-hybridized carbons (Fsp3) is 0.321. The number of amides is 2. The second-order valence-electron chi connectivity index (χ2n) is 9.20. The summed E-state index contributed by atoms with van der Waals surface area (Å²) in [5.41, 5.74) is 2.23. The number of hydrogen-bond donors (Lipinski definition) is 0. The molecule has 0 atom stereocenters. The molecule has 1 aliphatic carbocycles. The van der Waals surface area contributed by atoms with Crippen molar-refractivity contribution in [1.29, 1.82) is 5.26 Å². The Bertz CT molecular complexity index is 1310. The van der Waals surface area contributed by atoms with E-state index in [1.54, 1.807) is 24.1 Å². The Morgan fingerprint density at radius 2 is 1.76 bits per heavy atom. The van der Waals surface area contributed by atoms with Crippen LogP contribution in [0.15, 0.2) is 64.5 Å². The van der Waals surface area contributed by atoms with Crippen molar-refractivity contribution in [2.24, 2.45) is 5.92 Å². The van der Waals surface area contributed by atoms with Gasteiger partial charge in [0.25, 0.3) is 5.91 Å². The summed E-state index contributed by atoms with van der Waals surface area (Å²) in [5, 5.41) is 12.5. The van der Waals surface area contributed by atoms with Crippen LogP contribution in [-0.4, -0.2) is 54.9 Å². The van der Waals surface area contributed by atoms with E-state index in [9.17, 15) is 19.2 Å². The molecule has 0 spiro atoms. The Morgan fingerprint density at radius 1 is 1.05 bits per heavy atom. The number of carbonyl (C=O) groups is 2. The number of thioether (sulfide) groups is 1. The lowest BCUT2D eigenvalue weighted by Crippen LogP contribution is -2.53. The fourth-order valence-electron chi connectivity index (χ4n) is 4.71. The smallest absolute Gasteiger partial charge is 0.267 e. The highest BCUT2D eigenvalue weighted by molar-refractivity contribution is 8.06. The number of methoxy groups -OCH3 is 1. The Morgan fingerprint density at radius 3 is 2.38 bits per heavy atom. The minimum Gasteiger partial charge on any atom is -0.497 e. The van der Waals surface area contributed by atoms with Gasteiger partial charge < -0.3 is 19.4 Å². The van der Waals surface area contributed by atoms with E-state index in [-0.39, 0.29) is 29.1 Å². The molecule has 1 saturated carbocycles. The molecule has 2 aromatic rings. The maximum absolute atomic E-state index is 13.7. The summed E-state index contributed by atoms with van der Waals surface area (Å²) >= 11 is 1.29. The van der Waals surface area contributed by atoms with Crippen LogP contribution in [-0.2, 0) is 9.59 Å². The molecule has 2 amide bonds. The minimum absolute atomic E-state index is 0.0160. The summed E-state index contributed by atoms with van der Waals surface area (Å²) in [4.78, 5) is 31.5. The maximum atomic E-state index is 13.7. The van der Waals surface area contributed by atoms with E-state index in [1.165, 1.54) is 23.9 Å². The van der Waals surface area contributed by atoms with Crippen molar-refractivity contribution in [3.8, 4) is 11.8 Å². The van der Waals surface area contributed by atoms with Gasteiger partial charge in [0.2, 0.25) is 5.91 Å².